The van der Waals surface area contributed by atoms with Crippen LogP contribution < -0.4 is 4.90 Å². The SMILES string of the molecule is CN(C(=O)CN1CCCN(Cc2ccc(F)cc2)CC1)c1ccc([N+](=O)[O-])cc1. The molecule has 0 spiro atoms. The van der Waals surface area contributed by atoms with Gasteiger partial charge in [-0.2, -0.15) is 0 Å². The van der Waals surface area contributed by atoms with Gasteiger partial charge in [-0.3, -0.25) is 24.7 Å². The van der Waals surface area contributed by atoms with Crippen molar-refractivity contribution in [3.63, 3.8) is 0 Å². The highest BCUT2D eigenvalue weighted by molar-refractivity contribution is 5.94. The van der Waals surface area contributed by atoms with Gasteiger partial charge in [0.2, 0.25) is 5.91 Å². The number of rotatable bonds is 6. The molecule has 0 unspecified atom stereocenters. The molecule has 1 aliphatic rings. The average Bonchev–Trinajstić information content (AvgIpc) is 2.94. The van der Waals surface area contributed by atoms with Gasteiger partial charge in [-0.05, 0) is 49.3 Å². The molecule has 0 aliphatic carbocycles. The van der Waals surface area contributed by atoms with Crippen LogP contribution in [0.25, 0.3) is 0 Å². The predicted octanol–water partition coefficient (Wildman–Crippen LogP) is 2.90. The minimum Gasteiger partial charge on any atom is -0.314 e. The molecule has 0 atom stereocenters. The summed E-state index contributed by atoms with van der Waals surface area (Å²) in [5.74, 6) is -0.280. The molecule has 0 saturated carbocycles. The van der Waals surface area contributed by atoms with Gasteiger partial charge in [-0.1, -0.05) is 12.1 Å². The summed E-state index contributed by atoms with van der Waals surface area (Å²) < 4.78 is 13.1. The van der Waals surface area contributed by atoms with E-state index < -0.39 is 4.92 Å². The number of nitro groups is 1. The number of carbonyl (C=O) groups is 1. The molecule has 0 bridgehead atoms. The molecule has 8 heteroatoms. The van der Waals surface area contributed by atoms with E-state index in [2.05, 4.69) is 9.80 Å². The molecule has 2 aromatic rings. The topological polar surface area (TPSA) is 69.9 Å². The summed E-state index contributed by atoms with van der Waals surface area (Å²) in [6.07, 6.45) is 0.954. The number of anilines is 1. The van der Waals surface area contributed by atoms with E-state index in [4.69, 9.17) is 0 Å². The molecule has 1 amide bonds. The van der Waals surface area contributed by atoms with E-state index in [-0.39, 0.29) is 17.4 Å². The number of nitrogens with zero attached hydrogens (tertiary/aromatic N) is 4. The van der Waals surface area contributed by atoms with Crippen molar-refractivity contribution in [2.75, 3.05) is 44.7 Å². The van der Waals surface area contributed by atoms with Crippen molar-refractivity contribution >= 4 is 17.3 Å². The predicted molar refractivity (Wildman–Crippen MR) is 109 cm³/mol. The van der Waals surface area contributed by atoms with Gasteiger partial charge in [0.15, 0.2) is 0 Å². The second-order valence-corrected chi connectivity index (χ2v) is 7.26. The summed E-state index contributed by atoms with van der Waals surface area (Å²) in [5, 5.41) is 10.8. The van der Waals surface area contributed by atoms with Gasteiger partial charge < -0.3 is 4.90 Å². The van der Waals surface area contributed by atoms with E-state index in [1.165, 1.54) is 29.2 Å². The van der Waals surface area contributed by atoms with Crippen LogP contribution in [0.1, 0.15) is 12.0 Å². The number of non-ortho nitro benzene ring substituents is 1. The van der Waals surface area contributed by atoms with E-state index in [1.807, 2.05) is 0 Å². The summed E-state index contributed by atoms with van der Waals surface area (Å²) in [6.45, 7) is 4.45. The number of hydrogen-bond donors (Lipinski definition) is 0. The fourth-order valence-electron chi connectivity index (χ4n) is 3.43. The number of carbonyl (C=O) groups excluding carboxylic acids is 1. The standard InChI is InChI=1S/C21H25FN4O3/c1-23(19-7-9-20(10-8-19)26(28)29)21(27)16-25-12-2-11-24(13-14-25)15-17-3-5-18(22)6-4-17/h3-10H,2,11-16H2,1H3. The van der Waals surface area contributed by atoms with Crippen LogP contribution in [0, 0.1) is 15.9 Å². The molecule has 1 heterocycles. The van der Waals surface area contributed by atoms with E-state index in [1.54, 1.807) is 31.3 Å². The van der Waals surface area contributed by atoms with Crippen LogP contribution in [0.5, 0.6) is 0 Å². The van der Waals surface area contributed by atoms with Gasteiger partial charge in [-0.15, -0.1) is 0 Å². The summed E-state index contributed by atoms with van der Waals surface area (Å²) in [5.41, 5.74) is 1.71. The Morgan fingerprint density at radius 1 is 1.03 bits per heavy atom. The van der Waals surface area contributed by atoms with E-state index in [0.717, 1.165) is 44.7 Å². The van der Waals surface area contributed by atoms with Crippen molar-refractivity contribution < 1.29 is 14.1 Å². The lowest BCUT2D eigenvalue weighted by molar-refractivity contribution is -0.384. The third kappa shape index (κ3) is 5.82. The van der Waals surface area contributed by atoms with E-state index in [9.17, 15) is 19.3 Å². The maximum atomic E-state index is 13.1. The maximum Gasteiger partial charge on any atom is 0.269 e. The highest BCUT2D eigenvalue weighted by Gasteiger charge is 2.20. The van der Waals surface area contributed by atoms with Crippen molar-refractivity contribution in [1.82, 2.24) is 9.80 Å². The van der Waals surface area contributed by atoms with Gasteiger partial charge in [0.25, 0.3) is 5.69 Å². The Bertz CT molecular complexity index is 842. The summed E-state index contributed by atoms with van der Waals surface area (Å²) >= 11 is 0. The second-order valence-electron chi connectivity index (χ2n) is 7.26. The molecule has 0 radical (unpaired) electrons. The molecule has 1 saturated heterocycles. The first-order valence-corrected chi connectivity index (χ1v) is 9.62. The Labute approximate surface area is 169 Å². The molecule has 1 aliphatic heterocycles. The zero-order valence-corrected chi connectivity index (χ0v) is 16.5. The minimum atomic E-state index is -0.458. The number of halogens is 1. The summed E-state index contributed by atoms with van der Waals surface area (Å²) in [7, 11) is 1.68. The van der Waals surface area contributed by atoms with Gasteiger partial charge >= 0.3 is 0 Å². The lowest BCUT2D eigenvalue weighted by Crippen LogP contribution is -2.40. The number of likely N-dealkylation sites (N-methyl/N-ethyl adjacent to an activating group) is 1. The quantitative estimate of drug-likeness (QED) is 0.551. The van der Waals surface area contributed by atoms with Crippen LogP contribution in [0.4, 0.5) is 15.8 Å². The molecule has 29 heavy (non-hydrogen) atoms. The minimum absolute atomic E-state index is 0.00311. The maximum absolute atomic E-state index is 13.1. The summed E-state index contributed by atoms with van der Waals surface area (Å²) in [4.78, 5) is 28.9. The van der Waals surface area contributed by atoms with Crippen LogP contribution in [-0.2, 0) is 11.3 Å². The number of amides is 1. The number of nitro benzene ring substituents is 1. The Morgan fingerprint density at radius 3 is 2.31 bits per heavy atom. The Morgan fingerprint density at radius 2 is 1.66 bits per heavy atom. The first-order chi connectivity index (χ1) is 13.9. The molecular weight excluding hydrogens is 375 g/mol. The molecular formula is C21H25FN4O3. The normalized spacial score (nSPS) is 15.7. The Kier molecular flexibility index (Phi) is 6.90. The summed E-state index contributed by atoms with van der Waals surface area (Å²) in [6, 6.07) is 12.5. The molecule has 154 valence electrons. The van der Waals surface area contributed by atoms with Gasteiger partial charge in [0.1, 0.15) is 5.82 Å². The van der Waals surface area contributed by atoms with Crippen LogP contribution in [0.15, 0.2) is 48.5 Å². The van der Waals surface area contributed by atoms with Gasteiger partial charge in [0, 0.05) is 44.5 Å². The van der Waals surface area contributed by atoms with Crippen molar-refractivity contribution in [3.8, 4) is 0 Å². The first kappa shape index (κ1) is 20.9. The Balaban J connectivity index is 1.51. The second kappa shape index (κ2) is 9.58. The number of benzene rings is 2. The van der Waals surface area contributed by atoms with Crippen molar-refractivity contribution in [3.05, 3.63) is 70.0 Å². The largest absolute Gasteiger partial charge is 0.314 e. The van der Waals surface area contributed by atoms with Gasteiger partial charge in [-0.25, -0.2) is 4.39 Å². The van der Waals surface area contributed by atoms with Gasteiger partial charge in [0.05, 0.1) is 11.5 Å². The third-order valence-electron chi connectivity index (χ3n) is 5.18. The fourth-order valence-corrected chi connectivity index (χ4v) is 3.43. The van der Waals surface area contributed by atoms with E-state index in [0.29, 0.717) is 12.2 Å². The number of hydrogen-bond acceptors (Lipinski definition) is 5. The van der Waals surface area contributed by atoms with E-state index >= 15 is 0 Å². The zero-order chi connectivity index (χ0) is 20.8. The van der Waals surface area contributed by atoms with Crippen LogP contribution in [-0.4, -0.2) is 60.4 Å². The average molecular weight is 400 g/mol. The molecule has 1 fully saturated rings. The highest BCUT2D eigenvalue weighted by Crippen LogP contribution is 2.19. The van der Waals surface area contributed by atoms with Crippen molar-refractivity contribution in [2.24, 2.45) is 0 Å². The zero-order valence-electron chi connectivity index (χ0n) is 16.5. The van der Waals surface area contributed by atoms with Crippen LogP contribution in [0.3, 0.4) is 0 Å². The lowest BCUT2D eigenvalue weighted by atomic mass is 10.2. The molecule has 0 aromatic heterocycles. The van der Waals surface area contributed by atoms with Crippen molar-refractivity contribution in [2.45, 2.75) is 13.0 Å². The van der Waals surface area contributed by atoms with Crippen LogP contribution in [0.2, 0.25) is 0 Å². The first-order valence-electron chi connectivity index (χ1n) is 9.62. The molecule has 3 rings (SSSR count). The third-order valence-corrected chi connectivity index (χ3v) is 5.18. The monoisotopic (exact) mass is 400 g/mol. The molecule has 2 aromatic carbocycles. The Hall–Kier alpha value is -2.84. The highest BCUT2D eigenvalue weighted by atomic mass is 19.1. The van der Waals surface area contributed by atoms with Crippen LogP contribution >= 0.6 is 0 Å². The smallest absolute Gasteiger partial charge is 0.269 e. The fraction of sp³-hybridized carbons (Fsp3) is 0.381. The molecule has 0 N–H and O–H groups in total. The molecule has 7 nitrogen and oxygen atoms in total. The van der Waals surface area contributed by atoms with Crippen molar-refractivity contribution in [1.29, 1.82) is 0 Å². The lowest BCUT2D eigenvalue weighted by Gasteiger charge is -2.24.